The number of unbranched alkanes of at least 4 members (excludes halogenated alkanes) is 9. The van der Waals surface area contributed by atoms with Crippen LogP contribution in [-0.4, -0.2) is 6.54 Å². The monoisotopic (exact) mass is 351 g/mol. The van der Waals surface area contributed by atoms with Gasteiger partial charge in [-0.25, -0.2) is 0 Å². The van der Waals surface area contributed by atoms with Gasteiger partial charge >= 0.3 is 0 Å². The van der Waals surface area contributed by atoms with Crippen LogP contribution in [-0.2, 0) is 0 Å². The average Bonchev–Trinajstić information content (AvgIpc) is 2.59. The highest BCUT2D eigenvalue weighted by Crippen LogP contribution is 2.16. The molecule has 1 aromatic carbocycles. The molecule has 0 aliphatic rings. The van der Waals surface area contributed by atoms with Crippen molar-refractivity contribution in [2.45, 2.75) is 85.0 Å². The Morgan fingerprint density at radius 2 is 1.25 bits per heavy atom. The topological polar surface area (TPSA) is 12.0 Å². The van der Waals surface area contributed by atoms with Gasteiger partial charge in [0.05, 0.1) is 0 Å². The van der Waals surface area contributed by atoms with E-state index in [1.165, 1.54) is 81.0 Å². The zero-order valence-corrected chi connectivity index (χ0v) is 16.9. The lowest BCUT2D eigenvalue weighted by atomic mass is 10.1. The van der Waals surface area contributed by atoms with Gasteiger partial charge in [-0.05, 0) is 31.4 Å². The smallest absolute Gasteiger partial charge is 0.0143 e. The van der Waals surface area contributed by atoms with Crippen LogP contribution in [0.4, 0.5) is 0 Å². The Balaban J connectivity index is 0.00000529. The van der Waals surface area contributed by atoms with E-state index in [0.717, 1.165) is 6.54 Å². The van der Waals surface area contributed by atoms with Crippen molar-refractivity contribution < 1.29 is 0 Å². The number of hydrogen-bond donors (Lipinski definition) is 1. The number of rotatable bonds is 13. The van der Waals surface area contributed by atoms with Crippen LogP contribution in [0.3, 0.4) is 0 Å². The van der Waals surface area contributed by atoms with Crippen LogP contribution in [0, 0.1) is 0 Å². The summed E-state index contributed by atoms with van der Waals surface area (Å²) in [6, 6.07) is 10.6. The van der Waals surface area contributed by atoms with Gasteiger partial charge in [0.2, 0.25) is 0 Å². The first-order valence-corrected chi connectivity index (χ1v) is 9.72. The van der Waals surface area contributed by atoms with Crippen molar-refractivity contribution in [3.8, 4) is 0 Å². The third-order valence-corrected chi connectivity index (χ3v) is 4.69. The molecular formula is C22H38ClN. The summed E-state index contributed by atoms with van der Waals surface area (Å²) in [5, 5.41) is 3.59. The highest BCUT2D eigenvalue weighted by molar-refractivity contribution is 5.85. The van der Waals surface area contributed by atoms with Gasteiger partial charge in [0.15, 0.2) is 0 Å². The molecule has 1 aromatic rings. The second kappa shape index (κ2) is 15.6. The molecular weight excluding hydrogens is 314 g/mol. The summed E-state index contributed by atoms with van der Waals surface area (Å²) >= 11 is 0. The Bertz CT molecular complexity index is 425. The Labute approximate surface area is 156 Å². The second-order valence-electron chi connectivity index (χ2n) is 6.72. The SMILES string of the molecule is CCCCCCCCCCCCNC(C)=C(C)c1ccccc1.Cl. The number of nitrogens with one attached hydrogen (secondary N) is 1. The fourth-order valence-electron chi connectivity index (χ4n) is 2.93. The molecule has 24 heavy (non-hydrogen) atoms. The minimum absolute atomic E-state index is 0. The lowest BCUT2D eigenvalue weighted by Crippen LogP contribution is -2.13. The molecule has 0 saturated heterocycles. The normalized spacial score (nSPS) is 11.6. The van der Waals surface area contributed by atoms with Crippen molar-refractivity contribution in [1.82, 2.24) is 5.32 Å². The summed E-state index contributed by atoms with van der Waals surface area (Å²) in [7, 11) is 0. The summed E-state index contributed by atoms with van der Waals surface area (Å²) in [6.07, 6.45) is 14.0. The van der Waals surface area contributed by atoms with Crippen molar-refractivity contribution in [2.24, 2.45) is 0 Å². The largest absolute Gasteiger partial charge is 0.388 e. The van der Waals surface area contributed by atoms with Crippen LogP contribution < -0.4 is 5.32 Å². The first kappa shape index (κ1) is 23.1. The van der Waals surface area contributed by atoms with Gasteiger partial charge in [0.25, 0.3) is 0 Å². The molecule has 0 unspecified atom stereocenters. The van der Waals surface area contributed by atoms with Gasteiger partial charge in [-0.1, -0.05) is 95.0 Å². The first-order valence-electron chi connectivity index (χ1n) is 9.72. The van der Waals surface area contributed by atoms with E-state index in [9.17, 15) is 0 Å². The Kier molecular flexibility index (Phi) is 15.0. The van der Waals surface area contributed by atoms with Gasteiger partial charge in [0, 0.05) is 12.2 Å². The molecule has 1 N–H and O–H groups in total. The third-order valence-electron chi connectivity index (χ3n) is 4.69. The van der Waals surface area contributed by atoms with Gasteiger partial charge in [-0.3, -0.25) is 0 Å². The van der Waals surface area contributed by atoms with Crippen molar-refractivity contribution in [3.63, 3.8) is 0 Å². The minimum Gasteiger partial charge on any atom is -0.388 e. The molecule has 0 spiro atoms. The molecule has 0 radical (unpaired) electrons. The van der Waals surface area contributed by atoms with Crippen molar-refractivity contribution in [2.75, 3.05) is 6.54 Å². The zero-order chi connectivity index (χ0) is 16.8. The quantitative estimate of drug-likeness (QED) is 0.366. The fraction of sp³-hybridized carbons (Fsp3) is 0.636. The second-order valence-corrected chi connectivity index (χ2v) is 6.72. The summed E-state index contributed by atoms with van der Waals surface area (Å²) in [6.45, 7) is 7.79. The van der Waals surface area contributed by atoms with Crippen LogP contribution in [0.1, 0.15) is 90.5 Å². The number of halogens is 1. The van der Waals surface area contributed by atoms with E-state index in [2.05, 4.69) is 56.4 Å². The van der Waals surface area contributed by atoms with Gasteiger partial charge in [-0.15, -0.1) is 12.4 Å². The molecule has 2 heteroatoms. The van der Waals surface area contributed by atoms with Gasteiger partial charge < -0.3 is 5.32 Å². The number of allylic oxidation sites excluding steroid dienone is 2. The predicted octanol–water partition coefficient (Wildman–Crippen LogP) is 7.37. The summed E-state index contributed by atoms with van der Waals surface area (Å²) < 4.78 is 0. The van der Waals surface area contributed by atoms with E-state index in [4.69, 9.17) is 0 Å². The van der Waals surface area contributed by atoms with E-state index in [0.29, 0.717) is 0 Å². The number of benzene rings is 1. The van der Waals surface area contributed by atoms with Gasteiger partial charge in [0.1, 0.15) is 0 Å². The molecule has 0 aliphatic heterocycles. The third kappa shape index (κ3) is 10.8. The lowest BCUT2D eigenvalue weighted by Gasteiger charge is -2.11. The first-order chi connectivity index (χ1) is 11.3. The van der Waals surface area contributed by atoms with Crippen molar-refractivity contribution >= 4 is 18.0 Å². The standard InChI is InChI=1S/C22H37N.ClH/c1-4-5-6-7-8-9-10-11-12-16-19-23-21(3)20(2)22-17-14-13-15-18-22;/h13-15,17-18,23H,4-12,16,19H2,1-3H3;1H. The highest BCUT2D eigenvalue weighted by Gasteiger charge is 1.99. The molecule has 1 rings (SSSR count). The van der Waals surface area contributed by atoms with Crippen molar-refractivity contribution in [1.29, 1.82) is 0 Å². The maximum Gasteiger partial charge on any atom is 0.0143 e. The molecule has 0 bridgehead atoms. The Morgan fingerprint density at radius 1 is 0.750 bits per heavy atom. The molecule has 0 aliphatic carbocycles. The molecule has 138 valence electrons. The highest BCUT2D eigenvalue weighted by atomic mass is 35.5. The van der Waals surface area contributed by atoms with E-state index >= 15 is 0 Å². The fourth-order valence-corrected chi connectivity index (χ4v) is 2.93. The lowest BCUT2D eigenvalue weighted by molar-refractivity contribution is 0.552. The van der Waals surface area contributed by atoms with E-state index in [1.807, 2.05) is 0 Å². The summed E-state index contributed by atoms with van der Waals surface area (Å²) in [5.74, 6) is 0. The van der Waals surface area contributed by atoms with Crippen LogP contribution in [0.25, 0.3) is 5.57 Å². The number of hydrogen-bond acceptors (Lipinski definition) is 1. The van der Waals surface area contributed by atoms with Gasteiger partial charge in [-0.2, -0.15) is 0 Å². The van der Waals surface area contributed by atoms with Crippen LogP contribution in [0.15, 0.2) is 36.0 Å². The van der Waals surface area contributed by atoms with E-state index < -0.39 is 0 Å². The molecule has 0 atom stereocenters. The molecule has 0 heterocycles. The van der Waals surface area contributed by atoms with Crippen LogP contribution >= 0.6 is 12.4 Å². The molecule has 0 fully saturated rings. The minimum atomic E-state index is 0. The van der Waals surface area contributed by atoms with Crippen LogP contribution in [0.5, 0.6) is 0 Å². The molecule has 1 nitrogen and oxygen atoms in total. The van der Waals surface area contributed by atoms with Crippen LogP contribution in [0.2, 0.25) is 0 Å². The predicted molar refractivity (Wildman–Crippen MR) is 112 cm³/mol. The average molecular weight is 352 g/mol. The maximum atomic E-state index is 3.59. The zero-order valence-electron chi connectivity index (χ0n) is 16.1. The molecule has 0 saturated carbocycles. The Hall–Kier alpha value is -0.950. The molecule has 0 aromatic heterocycles. The van der Waals surface area contributed by atoms with Crippen molar-refractivity contribution in [3.05, 3.63) is 41.6 Å². The summed E-state index contributed by atoms with van der Waals surface area (Å²) in [5.41, 5.74) is 3.99. The Morgan fingerprint density at radius 3 is 1.79 bits per heavy atom. The van der Waals surface area contributed by atoms with E-state index in [-0.39, 0.29) is 12.4 Å². The van der Waals surface area contributed by atoms with E-state index in [1.54, 1.807) is 0 Å². The maximum absolute atomic E-state index is 3.59. The summed E-state index contributed by atoms with van der Waals surface area (Å²) in [4.78, 5) is 0. The molecule has 0 amide bonds.